The van der Waals surface area contributed by atoms with Crippen LogP contribution in [0, 0.1) is 18.8 Å². The smallest absolute Gasteiger partial charge is 0.230 e. The topological polar surface area (TPSA) is 75.6 Å². The molecule has 2 saturated heterocycles. The van der Waals surface area contributed by atoms with Crippen LogP contribution in [-0.4, -0.2) is 63.4 Å². The Bertz CT molecular complexity index is 1020. The number of carbonyl (C=O) groups is 2. The van der Waals surface area contributed by atoms with Crippen molar-refractivity contribution in [2.24, 2.45) is 11.8 Å². The normalized spacial score (nSPS) is 28.3. The highest BCUT2D eigenvalue weighted by Gasteiger charge is 2.66. The monoisotopic (exact) mass is 418 g/mol. The Hall–Kier alpha value is -3.06. The van der Waals surface area contributed by atoms with Crippen molar-refractivity contribution in [1.82, 2.24) is 19.8 Å². The summed E-state index contributed by atoms with van der Waals surface area (Å²) in [7, 11) is 1.74. The molecule has 5 rings (SSSR count). The molecule has 7 nitrogen and oxygen atoms in total. The first-order valence-corrected chi connectivity index (χ1v) is 10.7. The summed E-state index contributed by atoms with van der Waals surface area (Å²) in [5.74, 6) is -1.02. The minimum Gasteiger partial charge on any atom is -0.360 e. The van der Waals surface area contributed by atoms with Gasteiger partial charge in [-0.15, -0.1) is 0 Å². The number of likely N-dealkylation sites (tertiary alicyclic amines) is 1. The maximum absolute atomic E-state index is 13.4. The Labute approximate surface area is 181 Å². The third-order valence-electron chi connectivity index (χ3n) is 6.65. The fourth-order valence-electron chi connectivity index (χ4n) is 5.06. The van der Waals surface area contributed by atoms with Gasteiger partial charge in [-0.1, -0.05) is 42.0 Å². The Morgan fingerprint density at radius 3 is 2.84 bits per heavy atom. The number of hydrogen-bond acceptors (Lipinski definition) is 5. The number of ether oxygens (including phenoxy) is 1. The average Bonchev–Trinajstić information content (AvgIpc) is 3.41. The molecule has 3 aliphatic rings. The molecule has 3 aliphatic heterocycles. The number of nitrogens with zero attached hydrogens (tertiary/aromatic N) is 4. The van der Waals surface area contributed by atoms with Gasteiger partial charge in [0.05, 0.1) is 42.9 Å². The Balaban J connectivity index is 1.30. The van der Waals surface area contributed by atoms with E-state index in [0.717, 1.165) is 6.42 Å². The van der Waals surface area contributed by atoms with E-state index in [9.17, 15) is 9.59 Å². The van der Waals surface area contributed by atoms with Gasteiger partial charge in [0.15, 0.2) is 0 Å². The third-order valence-corrected chi connectivity index (χ3v) is 6.65. The van der Waals surface area contributed by atoms with Crippen molar-refractivity contribution >= 4 is 11.8 Å². The lowest BCUT2D eigenvalue weighted by atomic mass is 9.76. The van der Waals surface area contributed by atoms with Gasteiger partial charge in [-0.05, 0) is 18.9 Å². The van der Waals surface area contributed by atoms with Gasteiger partial charge in [0.25, 0.3) is 0 Å². The first-order valence-electron chi connectivity index (χ1n) is 10.7. The summed E-state index contributed by atoms with van der Waals surface area (Å²) in [6, 6.07) is 8.38. The van der Waals surface area contributed by atoms with Gasteiger partial charge in [-0.3, -0.25) is 19.6 Å². The van der Waals surface area contributed by atoms with Crippen LogP contribution < -0.4 is 0 Å². The molecule has 2 amide bonds. The number of fused-ring (bicyclic) bond motifs is 1. The molecule has 1 spiro atoms. The Morgan fingerprint density at radius 1 is 1.29 bits per heavy atom. The van der Waals surface area contributed by atoms with Crippen LogP contribution in [-0.2, 0) is 27.3 Å². The molecule has 2 bridgehead atoms. The molecular formula is C24H26N4O3. The molecule has 7 heteroatoms. The molecular weight excluding hydrogens is 392 g/mol. The standard InChI is InChI=1S/C24H26N4O3/c1-16-3-5-17(6-4-16)8-12-28-15-24-9-7-19(31-24)20(21(24)23(28)30)22(29)27(2)14-18-13-25-10-11-26-18/h3-7,9-11,13,19-21H,8,12,14-15H2,1-2H3/t19-,20?,21?,24-/m1/s1. The first kappa shape index (κ1) is 19.9. The molecule has 1 aromatic heterocycles. The fraction of sp³-hybridized carbons (Fsp3) is 0.417. The van der Waals surface area contributed by atoms with Crippen molar-refractivity contribution < 1.29 is 14.3 Å². The molecule has 2 unspecified atom stereocenters. The molecule has 0 aliphatic carbocycles. The summed E-state index contributed by atoms with van der Waals surface area (Å²) >= 11 is 0. The number of benzene rings is 1. The van der Waals surface area contributed by atoms with Crippen LogP contribution in [0.4, 0.5) is 0 Å². The maximum Gasteiger partial charge on any atom is 0.230 e. The maximum atomic E-state index is 13.4. The van der Waals surface area contributed by atoms with Gasteiger partial charge < -0.3 is 14.5 Å². The van der Waals surface area contributed by atoms with E-state index in [4.69, 9.17) is 4.74 Å². The summed E-state index contributed by atoms with van der Waals surface area (Å²) in [5, 5.41) is 0. The van der Waals surface area contributed by atoms with E-state index in [0.29, 0.717) is 25.3 Å². The number of hydrogen-bond donors (Lipinski definition) is 0. The summed E-state index contributed by atoms with van der Waals surface area (Å²) < 4.78 is 6.24. The van der Waals surface area contributed by atoms with Gasteiger partial charge in [0.1, 0.15) is 5.60 Å². The number of rotatable bonds is 6. The molecule has 0 saturated carbocycles. The van der Waals surface area contributed by atoms with Crippen LogP contribution >= 0.6 is 0 Å². The van der Waals surface area contributed by atoms with E-state index in [1.807, 2.05) is 17.1 Å². The van der Waals surface area contributed by atoms with Crippen LogP contribution in [0.15, 0.2) is 55.0 Å². The van der Waals surface area contributed by atoms with Crippen molar-refractivity contribution in [1.29, 1.82) is 0 Å². The van der Waals surface area contributed by atoms with Crippen molar-refractivity contribution in [3.05, 3.63) is 71.8 Å². The van der Waals surface area contributed by atoms with E-state index in [1.165, 1.54) is 11.1 Å². The van der Waals surface area contributed by atoms with E-state index in [-0.39, 0.29) is 17.9 Å². The zero-order chi connectivity index (χ0) is 21.6. The molecule has 0 N–H and O–H groups in total. The van der Waals surface area contributed by atoms with Crippen molar-refractivity contribution in [2.45, 2.75) is 31.6 Å². The molecule has 2 fully saturated rings. The van der Waals surface area contributed by atoms with Gasteiger partial charge in [0, 0.05) is 26.0 Å². The minimum absolute atomic E-state index is 0.0187. The summed E-state index contributed by atoms with van der Waals surface area (Å²) in [6.07, 6.45) is 9.25. The molecule has 4 atom stereocenters. The highest BCUT2D eigenvalue weighted by molar-refractivity contribution is 5.93. The van der Waals surface area contributed by atoms with Crippen LogP contribution in [0.1, 0.15) is 16.8 Å². The van der Waals surface area contributed by atoms with E-state index in [2.05, 4.69) is 41.2 Å². The van der Waals surface area contributed by atoms with Crippen LogP contribution in [0.25, 0.3) is 0 Å². The lowest BCUT2D eigenvalue weighted by molar-refractivity contribution is -0.142. The molecule has 1 aromatic carbocycles. The Morgan fingerprint density at radius 2 is 2.10 bits per heavy atom. The van der Waals surface area contributed by atoms with Gasteiger partial charge in [-0.2, -0.15) is 0 Å². The van der Waals surface area contributed by atoms with E-state index >= 15 is 0 Å². The SMILES string of the molecule is Cc1ccc(CCN2C[C@@]34C=C[C@@H](O3)C(C(=O)N(C)Cc3cnccn3)C4C2=O)cc1. The van der Waals surface area contributed by atoms with E-state index < -0.39 is 17.4 Å². The average molecular weight is 418 g/mol. The van der Waals surface area contributed by atoms with Crippen molar-refractivity contribution in [3.8, 4) is 0 Å². The zero-order valence-corrected chi connectivity index (χ0v) is 17.8. The fourth-order valence-corrected chi connectivity index (χ4v) is 5.06. The Kier molecular flexibility index (Phi) is 4.85. The van der Waals surface area contributed by atoms with Gasteiger partial charge in [0.2, 0.25) is 11.8 Å². The second kappa shape index (κ2) is 7.57. The van der Waals surface area contributed by atoms with Gasteiger partial charge >= 0.3 is 0 Å². The third kappa shape index (κ3) is 3.43. The largest absolute Gasteiger partial charge is 0.360 e. The minimum atomic E-state index is -0.678. The van der Waals surface area contributed by atoms with Crippen molar-refractivity contribution in [2.75, 3.05) is 20.1 Å². The molecule has 4 heterocycles. The molecule has 31 heavy (non-hydrogen) atoms. The highest BCUT2D eigenvalue weighted by Crippen LogP contribution is 2.52. The number of amides is 2. The summed E-state index contributed by atoms with van der Waals surface area (Å²) in [5.41, 5.74) is 2.45. The van der Waals surface area contributed by atoms with Crippen molar-refractivity contribution in [3.63, 3.8) is 0 Å². The lowest BCUT2D eigenvalue weighted by Gasteiger charge is -2.27. The highest BCUT2D eigenvalue weighted by atomic mass is 16.5. The van der Waals surface area contributed by atoms with Crippen LogP contribution in [0.3, 0.4) is 0 Å². The number of carbonyl (C=O) groups excluding carboxylic acids is 2. The van der Waals surface area contributed by atoms with Gasteiger partial charge in [-0.25, -0.2) is 0 Å². The zero-order valence-electron chi connectivity index (χ0n) is 17.8. The molecule has 2 aromatic rings. The second-order valence-corrected chi connectivity index (χ2v) is 8.79. The molecule has 0 radical (unpaired) electrons. The van der Waals surface area contributed by atoms with E-state index in [1.54, 1.807) is 30.5 Å². The predicted molar refractivity (Wildman–Crippen MR) is 114 cm³/mol. The predicted octanol–water partition coefficient (Wildman–Crippen LogP) is 1.77. The number of aryl methyl sites for hydroxylation is 1. The van der Waals surface area contributed by atoms with Crippen LogP contribution in [0.5, 0.6) is 0 Å². The molecule has 160 valence electrons. The van der Waals surface area contributed by atoms with Crippen LogP contribution in [0.2, 0.25) is 0 Å². The quantitative estimate of drug-likeness (QED) is 0.669. The first-order chi connectivity index (χ1) is 15.0. The summed E-state index contributed by atoms with van der Waals surface area (Å²) in [4.78, 5) is 38.5. The number of aromatic nitrogens is 2. The lowest BCUT2D eigenvalue weighted by Crippen LogP contribution is -2.44. The second-order valence-electron chi connectivity index (χ2n) is 8.79. The summed E-state index contributed by atoms with van der Waals surface area (Å²) in [6.45, 7) is 3.54.